The van der Waals surface area contributed by atoms with E-state index in [1.54, 1.807) is 7.11 Å². The smallest absolute Gasteiger partial charge is 0.133 e. The minimum absolute atomic E-state index is 0.192. The van der Waals surface area contributed by atoms with Crippen molar-refractivity contribution in [2.75, 3.05) is 12.4 Å². The fourth-order valence-corrected chi connectivity index (χ4v) is 2.57. The van der Waals surface area contributed by atoms with Crippen molar-refractivity contribution >= 4 is 21.6 Å². The van der Waals surface area contributed by atoms with Gasteiger partial charge in [-0.05, 0) is 54.4 Å². The van der Waals surface area contributed by atoms with Crippen molar-refractivity contribution in [2.24, 2.45) is 0 Å². The molecule has 0 saturated heterocycles. The standard InChI is InChI=1S/C14H18BrN3O/c1-8(16-14-9(2)17-18-10(14)3)11-5-6-13(19-4)12(15)7-11/h5-8,16H,1-4H3,(H,17,18). The van der Waals surface area contributed by atoms with E-state index in [-0.39, 0.29) is 6.04 Å². The third-order valence-corrected chi connectivity index (χ3v) is 3.78. The van der Waals surface area contributed by atoms with Crippen LogP contribution in [0.2, 0.25) is 0 Å². The van der Waals surface area contributed by atoms with Crippen LogP contribution in [0.15, 0.2) is 22.7 Å². The maximum absolute atomic E-state index is 5.24. The normalized spacial score (nSPS) is 12.3. The number of aromatic amines is 1. The zero-order chi connectivity index (χ0) is 14.0. The van der Waals surface area contributed by atoms with E-state index in [9.17, 15) is 0 Å². The summed E-state index contributed by atoms with van der Waals surface area (Å²) >= 11 is 3.51. The molecule has 1 aromatic heterocycles. The molecule has 0 bridgehead atoms. The van der Waals surface area contributed by atoms with Crippen LogP contribution < -0.4 is 10.1 Å². The second-order valence-corrected chi connectivity index (χ2v) is 5.42. The molecule has 1 heterocycles. The van der Waals surface area contributed by atoms with Gasteiger partial charge in [-0.3, -0.25) is 5.10 Å². The zero-order valence-corrected chi connectivity index (χ0v) is 13.1. The number of rotatable bonds is 4. The van der Waals surface area contributed by atoms with E-state index in [0.29, 0.717) is 0 Å². The summed E-state index contributed by atoms with van der Waals surface area (Å²) in [6.07, 6.45) is 0. The van der Waals surface area contributed by atoms with Gasteiger partial charge in [-0.25, -0.2) is 0 Å². The number of hydrogen-bond donors (Lipinski definition) is 2. The lowest BCUT2D eigenvalue weighted by molar-refractivity contribution is 0.412. The van der Waals surface area contributed by atoms with Crippen molar-refractivity contribution in [3.05, 3.63) is 39.6 Å². The Kier molecular flexibility index (Phi) is 4.14. The average Bonchev–Trinajstić information content (AvgIpc) is 2.70. The van der Waals surface area contributed by atoms with Crippen molar-refractivity contribution in [3.63, 3.8) is 0 Å². The van der Waals surface area contributed by atoms with Gasteiger partial charge in [0, 0.05) is 6.04 Å². The summed E-state index contributed by atoms with van der Waals surface area (Å²) in [5, 5.41) is 10.7. The first-order valence-electron chi connectivity index (χ1n) is 6.14. The monoisotopic (exact) mass is 323 g/mol. The summed E-state index contributed by atoms with van der Waals surface area (Å²) in [4.78, 5) is 0. The lowest BCUT2D eigenvalue weighted by Crippen LogP contribution is -2.08. The molecule has 0 aliphatic carbocycles. The number of methoxy groups -OCH3 is 1. The van der Waals surface area contributed by atoms with Crippen LogP contribution in [0, 0.1) is 13.8 Å². The van der Waals surface area contributed by atoms with E-state index in [4.69, 9.17) is 4.74 Å². The number of ether oxygens (including phenoxy) is 1. The molecule has 2 N–H and O–H groups in total. The molecule has 0 fully saturated rings. The second kappa shape index (κ2) is 5.65. The van der Waals surface area contributed by atoms with Gasteiger partial charge in [-0.15, -0.1) is 0 Å². The Bertz CT molecular complexity index is 561. The molecule has 0 radical (unpaired) electrons. The largest absolute Gasteiger partial charge is 0.496 e. The summed E-state index contributed by atoms with van der Waals surface area (Å²) in [5.41, 5.74) is 4.29. The van der Waals surface area contributed by atoms with Gasteiger partial charge in [0.05, 0.1) is 28.7 Å². The van der Waals surface area contributed by atoms with Gasteiger partial charge in [-0.2, -0.15) is 5.10 Å². The minimum atomic E-state index is 0.192. The molecule has 0 amide bonds. The topological polar surface area (TPSA) is 49.9 Å². The maximum atomic E-state index is 5.24. The van der Waals surface area contributed by atoms with E-state index in [1.165, 1.54) is 5.56 Å². The van der Waals surface area contributed by atoms with Crippen LogP contribution in [0.25, 0.3) is 0 Å². The molecular formula is C14H18BrN3O. The highest BCUT2D eigenvalue weighted by Gasteiger charge is 2.12. The number of nitrogens with one attached hydrogen (secondary N) is 2. The van der Waals surface area contributed by atoms with E-state index in [1.807, 2.05) is 19.9 Å². The van der Waals surface area contributed by atoms with Crippen LogP contribution >= 0.6 is 15.9 Å². The molecule has 0 spiro atoms. The lowest BCUT2D eigenvalue weighted by atomic mass is 10.1. The van der Waals surface area contributed by atoms with Crippen molar-refractivity contribution in [2.45, 2.75) is 26.8 Å². The number of aryl methyl sites for hydroxylation is 2. The van der Waals surface area contributed by atoms with Gasteiger partial charge in [0.25, 0.3) is 0 Å². The number of hydrogen-bond acceptors (Lipinski definition) is 3. The van der Waals surface area contributed by atoms with Crippen LogP contribution in [0.1, 0.15) is 29.9 Å². The summed E-state index contributed by atoms with van der Waals surface area (Å²) < 4.78 is 6.20. The van der Waals surface area contributed by atoms with Crippen molar-refractivity contribution < 1.29 is 4.74 Å². The highest BCUT2D eigenvalue weighted by Crippen LogP contribution is 2.30. The Morgan fingerprint density at radius 3 is 2.63 bits per heavy atom. The second-order valence-electron chi connectivity index (χ2n) is 4.57. The summed E-state index contributed by atoms with van der Waals surface area (Å²) in [6.45, 7) is 6.13. The Labute approximate surface area is 121 Å². The lowest BCUT2D eigenvalue weighted by Gasteiger charge is -2.17. The van der Waals surface area contributed by atoms with Crippen LogP contribution in [-0.2, 0) is 0 Å². The molecule has 4 nitrogen and oxygen atoms in total. The minimum Gasteiger partial charge on any atom is -0.496 e. The first-order chi connectivity index (χ1) is 9.02. The number of nitrogens with zero attached hydrogens (tertiary/aromatic N) is 1. The first-order valence-corrected chi connectivity index (χ1v) is 6.93. The van der Waals surface area contributed by atoms with Crippen LogP contribution in [-0.4, -0.2) is 17.3 Å². The zero-order valence-electron chi connectivity index (χ0n) is 11.5. The van der Waals surface area contributed by atoms with Gasteiger partial charge in [0.1, 0.15) is 5.75 Å². The molecule has 0 aliphatic heterocycles. The number of benzene rings is 1. The van der Waals surface area contributed by atoms with Crippen LogP contribution in [0.5, 0.6) is 5.75 Å². The Morgan fingerprint density at radius 2 is 2.11 bits per heavy atom. The number of anilines is 1. The molecule has 2 rings (SSSR count). The van der Waals surface area contributed by atoms with E-state index in [0.717, 1.165) is 27.3 Å². The molecule has 1 aromatic carbocycles. The maximum Gasteiger partial charge on any atom is 0.133 e. The van der Waals surface area contributed by atoms with Crippen LogP contribution in [0.3, 0.4) is 0 Å². The molecule has 1 atom stereocenters. The third kappa shape index (κ3) is 2.92. The van der Waals surface area contributed by atoms with Crippen molar-refractivity contribution in [1.29, 1.82) is 0 Å². The Hall–Kier alpha value is -1.49. The molecule has 19 heavy (non-hydrogen) atoms. The molecular weight excluding hydrogens is 306 g/mol. The summed E-state index contributed by atoms with van der Waals surface area (Å²) in [7, 11) is 1.67. The van der Waals surface area contributed by atoms with Gasteiger partial charge >= 0.3 is 0 Å². The number of aromatic nitrogens is 2. The quantitative estimate of drug-likeness (QED) is 0.895. The first kappa shape index (κ1) is 13.9. The van der Waals surface area contributed by atoms with Crippen molar-refractivity contribution in [1.82, 2.24) is 10.2 Å². The van der Waals surface area contributed by atoms with Crippen molar-refractivity contribution in [3.8, 4) is 5.75 Å². The molecule has 2 aromatic rings. The summed E-state index contributed by atoms with van der Waals surface area (Å²) in [6, 6.07) is 6.29. The van der Waals surface area contributed by atoms with E-state index < -0.39 is 0 Å². The molecule has 1 unspecified atom stereocenters. The summed E-state index contributed by atoms with van der Waals surface area (Å²) in [5.74, 6) is 0.839. The van der Waals surface area contributed by atoms with Crippen LogP contribution in [0.4, 0.5) is 5.69 Å². The predicted molar refractivity (Wildman–Crippen MR) is 80.8 cm³/mol. The fraction of sp³-hybridized carbons (Fsp3) is 0.357. The Balaban J connectivity index is 2.20. The molecule has 5 heteroatoms. The Morgan fingerprint density at radius 1 is 1.37 bits per heavy atom. The molecule has 102 valence electrons. The highest BCUT2D eigenvalue weighted by molar-refractivity contribution is 9.10. The van der Waals surface area contributed by atoms with Gasteiger partial charge in [0.2, 0.25) is 0 Å². The average molecular weight is 324 g/mol. The van der Waals surface area contributed by atoms with Gasteiger partial charge < -0.3 is 10.1 Å². The van der Waals surface area contributed by atoms with E-state index in [2.05, 4.69) is 50.5 Å². The fourth-order valence-electron chi connectivity index (χ4n) is 2.02. The third-order valence-electron chi connectivity index (χ3n) is 3.16. The molecule has 0 aliphatic rings. The highest BCUT2D eigenvalue weighted by atomic mass is 79.9. The molecule has 0 saturated carbocycles. The van der Waals surface area contributed by atoms with E-state index >= 15 is 0 Å². The number of H-pyrrole nitrogens is 1. The van der Waals surface area contributed by atoms with Gasteiger partial charge in [-0.1, -0.05) is 6.07 Å². The predicted octanol–water partition coefficient (Wildman–Crippen LogP) is 3.97. The van der Waals surface area contributed by atoms with Gasteiger partial charge in [0.15, 0.2) is 0 Å². The SMILES string of the molecule is COc1ccc(C(C)Nc2c(C)n[nH]c2C)cc1Br. The number of halogens is 1.